The maximum atomic E-state index is 13.7. The molecule has 1 aliphatic rings. The molecule has 10 heteroatoms. The van der Waals surface area contributed by atoms with Crippen molar-refractivity contribution in [2.75, 3.05) is 13.7 Å². The maximum Gasteiger partial charge on any atom is 0.255 e. The van der Waals surface area contributed by atoms with Crippen molar-refractivity contribution >= 4 is 16.7 Å². The SMILES string of the molecule is CN(C(=O)c1ccc2ccccc2c1)[C@@H]1OC(CO)[C@H](O)[C@H](n2cc(-c3cccc(F)c3)nn2)C1O. The van der Waals surface area contributed by atoms with Gasteiger partial charge in [-0.3, -0.25) is 4.79 Å². The van der Waals surface area contributed by atoms with Crippen LogP contribution in [0.15, 0.2) is 72.9 Å². The summed E-state index contributed by atoms with van der Waals surface area (Å²) in [4.78, 5) is 14.6. The minimum absolute atomic E-state index is 0.332. The molecule has 1 aliphatic heterocycles. The number of aliphatic hydroxyl groups excluding tert-OH is 3. The van der Waals surface area contributed by atoms with Gasteiger partial charge in [0, 0.05) is 18.2 Å². The van der Waals surface area contributed by atoms with Crippen molar-refractivity contribution in [2.45, 2.75) is 30.6 Å². The molecule has 1 aromatic heterocycles. The molecule has 3 N–H and O–H groups in total. The molecule has 0 radical (unpaired) electrons. The number of ether oxygens (including phenoxy) is 1. The van der Waals surface area contributed by atoms with Crippen LogP contribution in [0.5, 0.6) is 0 Å². The van der Waals surface area contributed by atoms with Gasteiger partial charge in [-0.05, 0) is 35.0 Å². The standard InChI is InChI=1S/C26H25FN4O5/c1-30(25(35)18-10-9-15-5-2-3-6-16(15)11-18)26-24(34)22(23(33)21(14-32)36-26)31-13-20(28-29-31)17-7-4-8-19(27)12-17/h2-13,21-24,26,32-34H,14H2,1H3/t21?,22-,23-,24?,26+/m0/s1. The molecule has 36 heavy (non-hydrogen) atoms. The van der Waals surface area contributed by atoms with Gasteiger partial charge in [-0.25, -0.2) is 9.07 Å². The van der Waals surface area contributed by atoms with Crippen molar-refractivity contribution in [1.29, 1.82) is 0 Å². The molecular weight excluding hydrogens is 467 g/mol. The third-order valence-electron chi connectivity index (χ3n) is 6.50. The van der Waals surface area contributed by atoms with Gasteiger partial charge in [-0.1, -0.05) is 47.7 Å². The number of nitrogens with zero attached hydrogens (tertiary/aromatic N) is 4. The predicted molar refractivity (Wildman–Crippen MR) is 128 cm³/mol. The quantitative estimate of drug-likeness (QED) is 0.390. The van der Waals surface area contributed by atoms with Crippen molar-refractivity contribution in [1.82, 2.24) is 19.9 Å². The van der Waals surface area contributed by atoms with Crippen LogP contribution >= 0.6 is 0 Å². The average Bonchev–Trinajstić information content (AvgIpc) is 3.38. The Hall–Kier alpha value is -3.70. The summed E-state index contributed by atoms with van der Waals surface area (Å²) in [5.74, 6) is -0.849. The number of carbonyl (C=O) groups excluding carboxylic acids is 1. The summed E-state index contributed by atoms with van der Waals surface area (Å²) in [5, 5.41) is 41.9. The van der Waals surface area contributed by atoms with Crippen molar-refractivity contribution in [3.63, 3.8) is 0 Å². The Kier molecular flexibility index (Phi) is 6.50. The van der Waals surface area contributed by atoms with E-state index in [0.717, 1.165) is 10.8 Å². The molecule has 1 saturated heterocycles. The van der Waals surface area contributed by atoms with E-state index >= 15 is 0 Å². The minimum Gasteiger partial charge on any atom is -0.394 e. The molecule has 9 nitrogen and oxygen atoms in total. The van der Waals surface area contributed by atoms with Crippen LogP contribution < -0.4 is 0 Å². The smallest absolute Gasteiger partial charge is 0.255 e. The summed E-state index contributed by atoms with van der Waals surface area (Å²) >= 11 is 0. The van der Waals surface area contributed by atoms with E-state index in [9.17, 15) is 24.5 Å². The highest BCUT2D eigenvalue weighted by Gasteiger charge is 2.48. The van der Waals surface area contributed by atoms with Crippen LogP contribution in [0.1, 0.15) is 16.4 Å². The molecule has 4 aromatic rings. The number of benzene rings is 3. The lowest BCUT2D eigenvalue weighted by atomic mass is 9.94. The number of aromatic nitrogens is 3. The molecule has 2 unspecified atom stereocenters. The zero-order chi connectivity index (χ0) is 25.4. The second kappa shape index (κ2) is 9.75. The van der Waals surface area contributed by atoms with E-state index < -0.39 is 48.9 Å². The number of hydrogen-bond acceptors (Lipinski definition) is 7. The molecule has 0 spiro atoms. The fourth-order valence-electron chi connectivity index (χ4n) is 4.56. The first-order chi connectivity index (χ1) is 17.4. The lowest BCUT2D eigenvalue weighted by Crippen LogP contribution is -2.61. The Morgan fingerprint density at radius 2 is 1.83 bits per heavy atom. The van der Waals surface area contributed by atoms with Gasteiger partial charge in [-0.2, -0.15) is 0 Å². The number of likely N-dealkylation sites (N-methyl/N-ethyl adjacent to an activating group) is 1. The minimum atomic E-state index is -1.42. The van der Waals surface area contributed by atoms with Gasteiger partial charge in [0.15, 0.2) is 6.23 Å². The number of hydrogen-bond donors (Lipinski definition) is 3. The van der Waals surface area contributed by atoms with Crippen LogP contribution in [0.25, 0.3) is 22.0 Å². The number of rotatable bonds is 5. The average molecular weight is 493 g/mol. The van der Waals surface area contributed by atoms with Gasteiger partial charge < -0.3 is 25.0 Å². The summed E-state index contributed by atoms with van der Waals surface area (Å²) in [5.41, 5.74) is 1.19. The molecule has 2 heterocycles. The number of fused-ring (bicyclic) bond motifs is 1. The van der Waals surface area contributed by atoms with Crippen LogP contribution in [0.2, 0.25) is 0 Å². The fraction of sp³-hybridized carbons (Fsp3) is 0.269. The van der Waals surface area contributed by atoms with Gasteiger partial charge in [0.05, 0.1) is 12.8 Å². The first-order valence-electron chi connectivity index (χ1n) is 11.4. The summed E-state index contributed by atoms with van der Waals surface area (Å²) < 4.78 is 20.7. The zero-order valence-corrected chi connectivity index (χ0v) is 19.3. The van der Waals surface area contributed by atoms with E-state index in [-0.39, 0.29) is 0 Å². The van der Waals surface area contributed by atoms with Crippen LogP contribution in [0.3, 0.4) is 0 Å². The van der Waals surface area contributed by atoms with Crippen molar-refractivity contribution < 1.29 is 29.2 Å². The molecule has 5 atom stereocenters. The second-order valence-corrected chi connectivity index (χ2v) is 8.79. The van der Waals surface area contributed by atoms with Gasteiger partial charge in [-0.15, -0.1) is 5.10 Å². The third kappa shape index (κ3) is 4.35. The van der Waals surface area contributed by atoms with Crippen LogP contribution in [-0.4, -0.2) is 79.3 Å². The first kappa shape index (κ1) is 24.0. The topological polar surface area (TPSA) is 121 Å². The summed E-state index contributed by atoms with van der Waals surface area (Å²) in [6.45, 7) is -0.551. The zero-order valence-electron chi connectivity index (χ0n) is 19.3. The largest absolute Gasteiger partial charge is 0.394 e. The van der Waals surface area contributed by atoms with E-state index in [1.807, 2.05) is 30.3 Å². The molecule has 0 saturated carbocycles. The summed E-state index contributed by atoms with van der Waals surface area (Å²) in [6, 6.07) is 17.6. The van der Waals surface area contributed by atoms with E-state index in [2.05, 4.69) is 10.3 Å². The fourth-order valence-corrected chi connectivity index (χ4v) is 4.56. The Bertz CT molecular complexity index is 1400. The highest BCUT2D eigenvalue weighted by Crippen LogP contribution is 2.32. The van der Waals surface area contributed by atoms with Crippen molar-refractivity contribution in [3.8, 4) is 11.3 Å². The van der Waals surface area contributed by atoms with E-state index in [0.29, 0.717) is 16.8 Å². The number of aliphatic hydroxyl groups is 3. The van der Waals surface area contributed by atoms with Crippen LogP contribution in [0, 0.1) is 5.82 Å². The van der Waals surface area contributed by atoms with Crippen LogP contribution in [0.4, 0.5) is 4.39 Å². The highest BCUT2D eigenvalue weighted by atomic mass is 19.1. The Labute approximate surface area is 206 Å². The summed E-state index contributed by atoms with van der Waals surface area (Å²) in [7, 11) is 1.48. The Morgan fingerprint density at radius 3 is 2.58 bits per heavy atom. The number of carbonyl (C=O) groups is 1. The molecule has 3 aromatic carbocycles. The van der Waals surface area contributed by atoms with Gasteiger partial charge in [0.25, 0.3) is 5.91 Å². The monoisotopic (exact) mass is 492 g/mol. The second-order valence-electron chi connectivity index (χ2n) is 8.79. The highest BCUT2D eigenvalue weighted by molar-refractivity contribution is 5.98. The van der Waals surface area contributed by atoms with Crippen molar-refractivity contribution in [2.24, 2.45) is 0 Å². The Balaban J connectivity index is 1.44. The van der Waals surface area contributed by atoms with Crippen LogP contribution in [-0.2, 0) is 4.74 Å². The number of halogens is 1. The van der Waals surface area contributed by atoms with Gasteiger partial charge >= 0.3 is 0 Å². The third-order valence-corrected chi connectivity index (χ3v) is 6.50. The normalized spacial score (nSPS) is 24.1. The van der Waals surface area contributed by atoms with E-state index in [1.165, 1.54) is 41.0 Å². The molecule has 0 bridgehead atoms. The lowest BCUT2D eigenvalue weighted by molar-refractivity contribution is -0.235. The predicted octanol–water partition coefficient (Wildman–Crippen LogP) is 1.99. The maximum absolute atomic E-state index is 13.7. The molecule has 5 rings (SSSR count). The van der Waals surface area contributed by atoms with E-state index in [4.69, 9.17) is 4.74 Å². The molecule has 186 valence electrons. The summed E-state index contributed by atoms with van der Waals surface area (Å²) in [6.07, 6.45) is -3.60. The number of amides is 1. The van der Waals surface area contributed by atoms with Gasteiger partial charge in [0.2, 0.25) is 0 Å². The molecule has 0 aliphatic carbocycles. The lowest BCUT2D eigenvalue weighted by Gasteiger charge is -2.45. The van der Waals surface area contributed by atoms with Crippen molar-refractivity contribution in [3.05, 3.63) is 84.3 Å². The Morgan fingerprint density at radius 1 is 1.06 bits per heavy atom. The van der Waals surface area contributed by atoms with E-state index in [1.54, 1.807) is 18.2 Å². The first-order valence-corrected chi connectivity index (χ1v) is 11.4. The van der Waals surface area contributed by atoms with Gasteiger partial charge in [0.1, 0.15) is 35.9 Å². The molecule has 1 amide bonds. The molecular formula is C26H25FN4O5. The molecule has 1 fully saturated rings.